The van der Waals surface area contributed by atoms with Crippen LogP contribution in [-0.2, 0) is 4.79 Å². The quantitative estimate of drug-likeness (QED) is 0.719. The van der Waals surface area contributed by atoms with Crippen LogP contribution in [0.5, 0.6) is 0 Å². The highest BCUT2D eigenvalue weighted by atomic mass is 16.4. The molecule has 3 nitrogen and oxygen atoms in total. The van der Waals surface area contributed by atoms with Crippen molar-refractivity contribution in [3.63, 3.8) is 0 Å². The fraction of sp³-hybridized carbons (Fsp3) is 0.909. The van der Waals surface area contributed by atoms with Crippen molar-refractivity contribution in [2.75, 3.05) is 13.1 Å². The zero-order chi connectivity index (χ0) is 9.71. The van der Waals surface area contributed by atoms with Crippen LogP contribution in [0, 0.1) is 17.8 Å². The third-order valence-corrected chi connectivity index (χ3v) is 4.27. The Morgan fingerprint density at radius 2 is 2.07 bits per heavy atom. The third kappa shape index (κ3) is 1.26. The predicted molar refractivity (Wildman–Crippen MR) is 51.9 cm³/mol. The van der Waals surface area contributed by atoms with E-state index in [9.17, 15) is 4.79 Å². The van der Waals surface area contributed by atoms with Crippen LogP contribution in [0.25, 0.3) is 0 Å². The Hall–Kier alpha value is -0.570. The molecule has 0 aromatic carbocycles. The molecule has 3 atom stereocenters. The number of hydrogen-bond acceptors (Lipinski definition) is 2. The average Bonchev–Trinajstić information content (AvgIpc) is 2.79. The van der Waals surface area contributed by atoms with E-state index in [1.807, 2.05) is 0 Å². The van der Waals surface area contributed by atoms with Gasteiger partial charge >= 0.3 is 5.97 Å². The first-order chi connectivity index (χ1) is 6.75. The minimum Gasteiger partial charge on any atom is -0.481 e. The predicted octanol–water partition coefficient (Wildman–Crippen LogP) is 1.19. The molecule has 3 unspecified atom stereocenters. The second-order valence-corrected chi connectivity index (χ2v) is 5.15. The van der Waals surface area contributed by atoms with Gasteiger partial charge in [0.2, 0.25) is 0 Å². The Balaban J connectivity index is 1.56. The summed E-state index contributed by atoms with van der Waals surface area (Å²) in [7, 11) is 0. The van der Waals surface area contributed by atoms with Crippen LogP contribution >= 0.6 is 0 Å². The summed E-state index contributed by atoms with van der Waals surface area (Å²) < 4.78 is 0. The highest BCUT2D eigenvalue weighted by Crippen LogP contribution is 2.52. The third-order valence-electron chi connectivity index (χ3n) is 4.27. The van der Waals surface area contributed by atoms with Gasteiger partial charge in [0.1, 0.15) is 0 Å². The molecule has 3 rings (SSSR count). The Kier molecular flexibility index (Phi) is 1.84. The SMILES string of the molecule is O=C(O)C1CN(C2CCCC3CC32)C1. The summed E-state index contributed by atoms with van der Waals surface area (Å²) in [4.78, 5) is 13.1. The number of rotatable bonds is 2. The van der Waals surface area contributed by atoms with E-state index in [1.165, 1.54) is 25.7 Å². The first-order valence-electron chi connectivity index (χ1n) is 5.72. The van der Waals surface area contributed by atoms with Crippen molar-refractivity contribution in [2.45, 2.75) is 31.7 Å². The molecule has 0 spiro atoms. The van der Waals surface area contributed by atoms with Gasteiger partial charge in [0, 0.05) is 19.1 Å². The van der Waals surface area contributed by atoms with Crippen molar-refractivity contribution in [1.29, 1.82) is 0 Å². The molecule has 0 aromatic heterocycles. The van der Waals surface area contributed by atoms with Crippen LogP contribution < -0.4 is 0 Å². The topological polar surface area (TPSA) is 40.5 Å². The molecule has 0 aromatic rings. The maximum absolute atomic E-state index is 10.7. The molecule has 78 valence electrons. The molecule has 2 saturated carbocycles. The van der Waals surface area contributed by atoms with Gasteiger partial charge in [-0.3, -0.25) is 9.69 Å². The molecule has 3 aliphatic rings. The van der Waals surface area contributed by atoms with Crippen molar-refractivity contribution in [3.05, 3.63) is 0 Å². The van der Waals surface area contributed by atoms with Crippen molar-refractivity contribution < 1.29 is 9.90 Å². The molecular weight excluding hydrogens is 178 g/mol. The zero-order valence-corrected chi connectivity index (χ0v) is 8.35. The normalized spacial score (nSPS) is 42.7. The van der Waals surface area contributed by atoms with Gasteiger partial charge in [-0.05, 0) is 24.7 Å². The maximum Gasteiger partial charge on any atom is 0.309 e. The largest absolute Gasteiger partial charge is 0.481 e. The Bertz CT molecular complexity index is 260. The highest BCUT2D eigenvalue weighted by Gasteiger charge is 2.50. The molecule has 1 aliphatic heterocycles. The van der Waals surface area contributed by atoms with Gasteiger partial charge in [-0.15, -0.1) is 0 Å². The van der Waals surface area contributed by atoms with E-state index in [0.717, 1.165) is 31.0 Å². The standard InChI is InChI=1S/C11H17NO2/c13-11(14)8-5-12(6-8)10-3-1-2-7-4-9(7)10/h7-10H,1-6H2,(H,13,14). The minimum absolute atomic E-state index is 0.0749. The second-order valence-electron chi connectivity index (χ2n) is 5.15. The fourth-order valence-electron chi connectivity index (χ4n) is 3.27. The fourth-order valence-corrected chi connectivity index (χ4v) is 3.27. The number of carboxylic acid groups (broad SMARTS) is 1. The number of carboxylic acids is 1. The zero-order valence-electron chi connectivity index (χ0n) is 8.35. The number of aliphatic carboxylic acids is 1. The van der Waals surface area contributed by atoms with Gasteiger partial charge in [0.25, 0.3) is 0 Å². The van der Waals surface area contributed by atoms with E-state index >= 15 is 0 Å². The number of nitrogens with zero attached hydrogens (tertiary/aromatic N) is 1. The lowest BCUT2D eigenvalue weighted by Gasteiger charge is -2.44. The number of likely N-dealkylation sites (tertiary alicyclic amines) is 1. The van der Waals surface area contributed by atoms with Crippen LogP contribution in [0.1, 0.15) is 25.7 Å². The maximum atomic E-state index is 10.7. The summed E-state index contributed by atoms with van der Waals surface area (Å²) in [5, 5.41) is 8.80. The van der Waals surface area contributed by atoms with Crippen LogP contribution in [-0.4, -0.2) is 35.1 Å². The molecule has 0 radical (unpaired) electrons. The van der Waals surface area contributed by atoms with E-state index in [-0.39, 0.29) is 5.92 Å². The average molecular weight is 195 g/mol. The molecule has 1 heterocycles. The smallest absolute Gasteiger partial charge is 0.309 e. The second kappa shape index (κ2) is 2.96. The summed E-state index contributed by atoms with van der Waals surface area (Å²) in [6.07, 6.45) is 5.52. The summed E-state index contributed by atoms with van der Waals surface area (Å²) in [6, 6.07) is 0.740. The van der Waals surface area contributed by atoms with Gasteiger partial charge < -0.3 is 5.11 Å². The van der Waals surface area contributed by atoms with Crippen LogP contribution in [0.3, 0.4) is 0 Å². The summed E-state index contributed by atoms with van der Waals surface area (Å²) in [5.41, 5.74) is 0. The van der Waals surface area contributed by atoms with Gasteiger partial charge in [0.15, 0.2) is 0 Å². The Labute approximate surface area is 84.1 Å². The molecule has 3 heteroatoms. The summed E-state index contributed by atoms with van der Waals surface area (Å²) >= 11 is 0. The highest BCUT2D eigenvalue weighted by molar-refractivity contribution is 5.71. The van der Waals surface area contributed by atoms with Crippen LogP contribution in [0.15, 0.2) is 0 Å². The Morgan fingerprint density at radius 3 is 2.79 bits per heavy atom. The lowest BCUT2D eigenvalue weighted by molar-refractivity contribution is -0.149. The Morgan fingerprint density at radius 1 is 1.29 bits per heavy atom. The van der Waals surface area contributed by atoms with Crippen molar-refractivity contribution in [1.82, 2.24) is 4.90 Å². The van der Waals surface area contributed by atoms with E-state index < -0.39 is 5.97 Å². The van der Waals surface area contributed by atoms with Crippen LogP contribution in [0.4, 0.5) is 0 Å². The van der Waals surface area contributed by atoms with E-state index in [4.69, 9.17) is 5.11 Å². The van der Waals surface area contributed by atoms with Gasteiger partial charge in [-0.1, -0.05) is 12.8 Å². The molecular formula is C11H17NO2. The summed E-state index contributed by atoms with van der Waals surface area (Å²) in [5.74, 6) is 1.25. The summed E-state index contributed by atoms with van der Waals surface area (Å²) in [6.45, 7) is 1.62. The van der Waals surface area contributed by atoms with E-state index in [2.05, 4.69) is 4.90 Å². The molecule has 1 saturated heterocycles. The van der Waals surface area contributed by atoms with Crippen LogP contribution in [0.2, 0.25) is 0 Å². The van der Waals surface area contributed by atoms with Crippen molar-refractivity contribution in [3.8, 4) is 0 Å². The molecule has 0 amide bonds. The molecule has 3 fully saturated rings. The monoisotopic (exact) mass is 195 g/mol. The van der Waals surface area contributed by atoms with E-state index in [0.29, 0.717) is 0 Å². The van der Waals surface area contributed by atoms with E-state index in [1.54, 1.807) is 0 Å². The van der Waals surface area contributed by atoms with Gasteiger partial charge in [-0.2, -0.15) is 0 Å². The molecule has 1 N–H and O–H groups in total. The number of hydrogen-bond donors (Lipinski definition) is 1. The molecule has 0 bridgehead atoms. The minimum atomic E-state index is -0.607. The number of fused-ring (bicyclic) bond motifs is 1. The lowest BCUT2D eigenvalue weighted by Crippen LogP contribution is -2.56. The number of carbonyl (C=O) groups is 1. The van der Waals surface area contributed by atoms with Gasteiger partial charge in [-0.25, -0.2) is 0 Å². The first kappa shape index (κ1) is 8.72. The van der Waals surface area contributed by atoms with Crippen molar-refractivity contribution >= 4 is 5.97 Å². The van der Waals surface area contributed by atoms with Crippen molar-refractivity contribution in [2.24, 2.45) is 17.8 Å². The first-order valence-corrected chi connectivity index (χ1v) is 5.72. The molecule has 2 aliphatic carbocycles. The van der Waals surface area contributed by atoms with Gasteiger partial charge in [0.05, 0.1) is 5.92 Å². The molecule has 14 heavy (non-hydrogen) atoms. The lowest BCUT2D eigenvalue weighted by atomic mass is 9.89.